The minimum absolute atomic E-state index is 0.0370. The van der Waals surface area contributed by atoms with E-state index >= 15 is 0 Å². The van der Waals surface area contributed by atoms with Crippen LogP contribution in [0.1, 0.15) is 69.5 Å². The van der Waals surface area contributed by atoms with Crippen LogP contribution in [0.15, 0.2) is 24.3 Å². The molecule has 4 rings (SSSR count). The highest BCUT2D eigenvalue weighted by Crippen LogP contribution is 2.59. The lowest BCUT2D eigenvalue weighted by Gasteiger charge is -2.50. The molecule has 1 saturated heterocycles. The zero-order chi connectivity index (χ0) is 18.4. The Balaban J connectivity index is 1.80. The summed E-state index contributed by atoms with van der Waals surface area (Å²) in [5.74, 6) is -0.386. The number of Topliss-reactive ketones (excluding diaryl/α,β-unsaturated/α-hetero) is 1. The molecule has 0 unspecified atom stereocenters. The number of carbonyl (C=O) groups is 2. The van der Waals surface area contributed by atoms with E-state index in [0.717, 1.165) is 32.1 Å². The Labute approximate surface area is 152 Å². The number of benzene rings is 1. The molecule has 3 aliphatic rings. The summed E-state index contributed by atoms with van der Waals surface area (Å²) in [6.45, 7) is 0. The van der Waals surface area contributed by atoms with E-state index in [1.54, 1.807) is 12.1 Å². The number of hydrogen-bond donors (Lipinski definition) is 0. The number of cyclic esters (lactones) is 1. The van der Waals surface area contributed by atoms with E-state index in [2.05, 4.69) is 0 Å². The molecule has 1 heterocycles. The normalized spacial score (nSPS) is 26.8. The van der Waals surface area contributed by atoms with Crippen LogP contribution in [0.5, 0.6) is 0 Å². The summed E-state index contributed by atoms with van der Waals surface area (Å²) >= 11 is 0. The molecular formula is C20H23NO5. The van der Waals surface area contributed by atoms with Gasteiger partial charge in [-0.1, -0.05) is 44.2 Å². The van der Waals surface area contributed by atoms with Crippen molar-refractivity contribution in [2.75, 3.05) is 0 Å². The van der Waals surface area contributed by atoms with Gasteiger partial charge in [-0.25, -0.2) is 0 Å². The molecule has 1 aliphatic heterocycles. The fourth-order valence-corrected chi connectivity index (χ4v) is 5.29. The number of ketones is 1. The van der Waals surface area contributed by atoms with Crippen LogP contribution in [0.4, 0.5) is 5.69 Å². The number of rotatable bonds is 2. The second-order valence-corrected chi connectivity index (χ2v) is 7.97. The van der Waals surface area contributed by atoms with Crippen LogP contribution in [-0.2, 0) is 14.3 Å². The number of nitro benzene ring substituents is 1. The standard InChI is InChI=1S/C20H23NO5/c22-17-19(9-2-1-3-10-19)16(14-7-6-8-15(13-14)21(24)25)26-18(23)20(17)11-4-5-12-20/h6-8,13,16H,1-5,9-12H2/t16-/m0/s1. The van der Waals surface area contributed by atoms with Crippen molar-refractivity contribution < 1.29 is 19.2 Å². The Bertz CT molecular complexity index is 759. The quantitative estimate of drug-likeness (QED) is 0.341. The first-order valence-corrected chi connectivity index (χ1v) is 9.50. The van der Waals surface area contributed by atoms with Crippen LogP contribution in [0.3, 0.4) is 0 Å². The van der Waals surface area contributed by atoms with Crippen molar-refractivity contribution in [1.29, 1.82) is 0 Å². The molecule has 0 N–H and O–H groups in total. The molecule has 138 valence electrons. The van der Waals surface area contributed by atoms with Gasteiger partial charge in [0.15, 0.2) is 5.78 Å². The second-order valence-electron chi connectivity index (χ2n) is 7.97. The fraction of sp³-hybridized carbons (Fsp3) is 0.600. The van der Waals surface area contributed by atoms with Crippen molar-refractivity contribution >= 4 is 17.4 Å². The van der Waals surface area contributed by atoms with Crippen molar-refractivity contribution in [3.05, 3.63) is 39.9 Å². The lowest BCUT2D eigenvalue weighted by molar-refractivity contribution is -0.385. The minimum atomic E-state index is -0.978. The zero-order valence-corrected chi connectivity index (χ0v) is 14.7. The van der Waals surface area contributed by atoms with Gasteiger partial charge < -0.3 is 4.74 Å². The Morgan fingerprint density at radius 3 is 2.31 bits per heavy atom. The molecule has 2 saturated carbocycles. The van der Waals surface area contributed by atoms with E-state index in [0.29, 0.717) is 31.2 Å². The minimum Gasteiger partial charge on any atom is -0.456 e. The van der Waals surface area contributed by atoms with Crippen LogP contribution in [0, 0.1) is 20.9 Å². The van der Waals surface area contributed by atoms with Crippen molar-refractivity contribution in [2.45, 2.75) is 63.9 Å². The Hall–Kier alpha value is -2.24. The van der Waals surface area contributed by atoms with Gasteiger partial charge in [0.25, 0.3) is 5.69 Å². The maximum absolute atomic E-state index is 13.7. The van der Waals surface area contributed by atoms with Crippen molar-refractivity contribution in [3.8, 4) is 0 Å². The number of esters is 1. The SMILES string of the molecule is O=C1O[C@@H](c2cccc([N+](=O)[O-])c2)C2(CCCCC2)C(=O)C12CCCC2. The molecular weight excluding hydrogens is 334 g/mol. The molecule has 1 aromatic rings. The van der Waals surface area contributed by atoms with E-state index in [1.807, 2.05) is 0 Å². The number of carbonyl (C=O) groups excluding carboxylic acids is 2. The van der Waals surface area contributed by atoms with Gasteiger partial charge in [-0.3, -0.25) is 19.7 Å². The molecule has 0 amide bonds. The van der Waals surface area contributed by atoms with Gasteiger partial charge >= 0.3 is 5.97 Å². The van der Waals surface area contributed by atoms with Crippen molar-refractivity contribution in [2.24, 2.45) is 10.8 Å². The predicted octanol–water partition coefficient (Wildman–Crippen LogP) is 4.27. The van der Waals surface area contributed by atoms with Gasteiger partial charge in [-0.05, 0) is 25.7 Å². The highest BCUT2D eigenvalue weighted by molar-refractivity contribution is 6.09. The van der Waals surface area contributed by atoms with E-state index in [-0.39, 0.29) is 11.5 Å². The number of nitro groups is 1. The first-order valence-electron chi connectivity index (χ1n) is 9.50. The first kappa shape index (κ1) is 17.2. The third kappa shape index (κ3) is 2.38. The average molecular weight is 357 g/mol. The summed E-state index contributed by atoms with van der Waals surface area (Å²) in [5.41, 5.74) is -1.19. The summed E-state index contributed by atoms with van der Waals surface area (Å²) < 4.78 is 5.93. The largest absolute Gasteiger partial charge is 0.456 e. The van der Waals surface area contributed by atoms with E-state index in [9.17, 15) is 19.7 Å². The summed E-state index contributed by atoms with van der Waals surface area (Å²) in [5, 5.41) is 11.2. The summed E-state index contributed by atoms with van der Waals surface area (Å²) in [4.78, 5) is 37.3. The third-order valence-corrected chi connectivity index (χ3v) is 6.59. The Morgan fingerprint density at radius 1 is 1.00 bits per heavy atom. The van der Waals surface area contributed by atoms with E-state index in [4.69, 9.17) is 4.74 Å². The average Bonchev–Trinajstić information content (AvgIpc) is 3.15. The van der Waals surface area contributed by atoms with Crippen LogP contribution >= 0.6 is 0 Å². The number of hydrogen-bond acceptors (Lipinski definition) is 5. The smallest absolute Gasteiger partial charge is 0.320 e. The maximum atomic E-state index is 13.7. The zero-order valence-electron chi connectivity index (χ0n) is 14.7. The van der Waals surface area contributed by atoms with Gasteiger partial charge in [-0.2, -0.15) is 0 Å². The molecule has 2 aliphatic carbocycles. The number of ether oxygens (including phenoxy) is 1. The molecule has 0 bridgehead atoms. The molecule has 26 heavy (non-hydrogen) atoms. The predicted molar refractivity (Wildman–Crippen MR) is 93.4 cm³/mol. The third-order valence-electron chi connectivity index (χ3n) is 6.59. The highest BCUT2D eigenvalue weighted by atomic mass is 16.6. The molecule has 0 aromatic heterocycles. The van der Waals surface area contributed by atoms with Crippen LogP contribution < -0.4 is 0 Å². The maximum Gasteiger partial charge on any atom is 0.320 e. The lowest BCUT2D eigenvalue weighted by atomic mass is 9.57. The Kier molecular flexibility index (Phi) is 4.09. The molecule has 0 radical (unpaired) electrons. The molecule has 6 nitrogen and oxygen atoms in total. The monoisotopic (exact) mass is 357 g/mol. The summed E-state index contributed by atoms with van der Waals surface area (Å²) in [6.07, 6.45) is 6.48. The van der Waals surface area contributed by atoms with E-state index in [1.165, 1.54) is 12.1 Å². The molecule has 2 spiro atoms. The van der Waals surface area contributed by atoms with Crippen LogP contribution in [0.25, 0.3) is 0 Å². The Morgan fingerprint density at radius 2 is 1.65 bits per heavy atom. The highest BCUT2D eigenvalue weighted by Gasteiger charge is 2.64. The molecule has 1 aromatic carbocycles. The molecule has 1 atom stereocenters. The van der Waals surface area contributed by atoms with Gasteiger partial charge in [0.05, 0.1) is 10.3 Å². The first-order chi connectivity index (χ1) is 12.5. The lowest BCUT2D eigenvalue weighted by Crippen LogP contribution is -2.56. The summed E-state index contributed by atoms with van der Waals surface area (Å²) in [6, 6.07) is 6.21. The van der Waals surface area contributed by atoms with Gasteiger partial charge in [-0.15, -0.1) is 0 Å². The van der Waals surface area contributed by atoms with Crippen molar-refractivity contribution in [3.63, 3.8) is 0 Å². The number of non-ortho nitro benzene ring substituents is 1. The van der Waals surface area contributed by atoms with E-state index < -0.39 is 27.8 Å². The van der Waals surface area contributed by atoms with Gasteiger partial charge in [0.1, 0.15) is 11.5 Å². The molecule has 3 fully saturated rings. The van der Waals surface area contributed by atoms with Crippen molar-refractivity contribution in [1.82, 2.24) is 0 Å². The second kappa shape index (κ2) is 6.18. The topological polar surface area (TPSA) is 86.5 Å². The molecule has 6 heteroatoms. The fourth-order valence-electron chi connectivity index (χ4n) is 5.29. The van der Waals surface area contributed by atoms with Crippen LogP contribution in [0.2, 0.25) is 0 Å². The summed E-state index contributed by atoms with van der Waals surface area (Å²) in [7, 11) is 0. The van der Waals surface area contributed by atoms with Crippen LogP contribution in [-0.4, -0.2) is 16.7 Å². The number of nitrogens with zero attached hydrogens (tertiary/aromatic N) is 1. The van der Waals surface area contributed by atoms with Gasteiger partial charge in [0.2, 0.25) is 0 Å². The van der Waals surface area contributed by atoms with Gasteiger partial charge in [0, 0.05) is 17.7 Å².